The van der Waals surface area contributed by atoms with Crippen molar-refractivity contribution in [2.45, 2.75) is 58.3 Å². The van der Waals surface area contributed by atoms with E-state index in [0.29, 0.717) is 49.7 Å². The second-order valence-electron chi connectivity index (χ2n) is 10.1. The van der Waals surface area contributed by atoms with Gasteiger partial charge in [-0.1, -0.05) is 30.1 Å². The lowest BCUT2D eigenvalue weighted by molar-refractivity contribution is -0.137. The van der Waals surface area contributed by atoms with Gasteiger partial charge in [0.05, 0.1) is 19.6 Å². The third kappa shape index (κ3) is 8.28. The van der Waals surface area contributed by atoms with Crippen LogP contribution in [0.4, 0.5) is 0 Å². The second kappa shape index (κ2) is 13.9. The topological polar surface area (TPSA) is 111 Å². The summed E-state index contributed by atoms with van der Waals surface area (Å²) in [6, 6.07) is 9.96. The summed E-state index contributed by atoms with van der Waals surface area (Å²) in [4.78, 5) is 21.7. The Morgan fingerprint density at radius 1 is 1.16 bits per heavy atom. The zero-order valence-electron chi connectivity index (χ0n) is 22.4. The van der Waals surface area contributed by atoms with Gasteiger partial charge in [-0.3, -0.25) is 4.79 Å². The monoisotopic (exact) mass is 522 g/mol. The number of carboxylic acid groups (broad SMARTS) is 1. The number of hydrogen-bond acceptors (Lipinski definition) is 8. The van der Waals surface area contributed by atoms with Crippen molar-refractivity contribution in [3.63, 3.8) is 0 Å². The average molecular weight is 523 g/mol. The molecule has 9 heteroatoms. The Balaban J connectivity index is 1.25. The number of aryl methyl sites for hydroxylation is 3. The van der Waals surface area contributed by atoms with Gasteiger partial charge < -0.3 is 24.0 Å². The normalized spacial score (nSPS) is 13.8. The van der Waals surface area contributed by atoms with Crippen molar-refractivity contribution < 1.29 is 23.9 Å². The molecular formula is C29H38N4O5. The summed E-state index contributed by atoms with van der Waals surface area (Å²) in [6.45, 7) is 4.64. The number of benzene rings is 1. The number of pyridine rings is 1. The molecule has 38 heavy (non-hydrogen) atoms. The molecule has 1 aliphatic rings. The maximum absolute atomic E-state index is 10.7. The number of aliphatic carboxylic acids is 1. The molecule has 3 aromatic rings. The number of ether oxygens (including phenoxy) is 2. The smallest absolute Gasteiger partial charge is 0.304 e. The maximum atomic E-state index is 10.7. The Morgan fingerprint density at radius 2 is 2.00 bits per heavy atom. The van der Waals surface area contributed by atoms with Crippen LogP contribution in [0.25, 0.3) is 11.5 Å². The first-order valence-electron chi connectivity index (χ1n) is 13.5. The standard InChI is InChI=1S/C29H38N4O5/c1-21-19-22(10-12-25(21)36-18-6-16-33(2)17-14-27(34)35)11-13-26-31-29(38-32-26)24-9-5-15-30-28(24)37-20-23-7-3-4-8-23/h5,9-10,12,15,19,23H,3-4,6-8,11,13-14,16-18,20H2,1-2H3,(H,34,35). The van der Waals surface area contributed by atoms with Crippen LogP contribution in [0.15, 0.2) is 41.1 Å². The van der Waals surface area contributed by atoms with Gasteiger partial charge in [0.2, 0.25) is 5.88 Å². The van der Waals surface area contributed by atoms with E-state index >= 15 is 0 Å². The van der Waals surface area contributed by atoms with Crippen molar-refractivity contribution in [2.75, 3.05) is 33.4 Å². The molecule has 0 radical (unpaired) electrons. The molecule has 1 fully saturated rings. The van der Waals surface area contributed by atoms with E-state index in [-0.39, 0.29) is 6.42 Å². The van der Waals surface area contributed by atoms with Crippen molar-refractivity contribution in [1.82, 2.24) is 20.0 Å². The Hall–Kier alpha value is -3.46. The molecule has 1 saturated carbocycles. The van der Waals surface area contributed by atoms with Crippen LogP contribution in [0.5, 0.6) is 11.6 Å². The fraction of sp³-hybridized carbons (Fsp3) is 0.517. The lowest BCUT2D eigenvalue weighted by Gasteiger charge is -2.16. The van der Waals surface area contributed by atoms with Gasteiger partial charge in [-0.15, -0.1) is 0 Å². The largest absolute Gasteiger partial charge is 0.493 e. The van der Waals surface area contributed by atoms with Crippen LogP contribution in [0, 0.1) is 12.8 Å². The summed E-state index contributed by atoms with van der Waals surface area (Å²) < 4.78 is 17.5. The SMILES string of the molecule is Cc1cc(CCc2noc(-c3cccnc3OCC3CCCC3)n2)ccc1OCCCN(C)CCC(=O)O. The molecule has 204 valence electrons. The molecule has 1 N–H and O–H groups in total. The Bertz CT molecular complexity index is 1180. The van der Waals surface area contributed by atoms with E-state index in [4.69, 9.17) is 19.1 Å². The quantitative estimate of drug-likeness (QED) is 0.277. The van der Waals surface area contributed by atoms with E-state index < -0.39 is 5.97 Å². The third-order valence-corrected chi connectivity index (χ3v) is 6.93. The highest BCUT2D eigenvalue weighted by atomic mass is 16.5. The highest BCUT2D eigenvalue weighted by Gasteiger charge is 2.19. The number of aromatic nitrogens is 3. The molecule has 0 bridgehead atoms. The van der Waals surface area contributed by atoms with E-state index in [1.54, 1.807) is 6.20 Å². The fourth-order valence-electron chi connectivity index (χ4n) is 4.71. The van der Waals surface area contributed by atoms with Crippen molar-refractivity contribution in [1.29, 1.82) is 0 Å². The minimum absolute atomic E-state index is 0.155. The molecule has 0 spiro atoms. The molecule has 0 unspecified atom stereocenters. The summed E-state index contributed by atoms with van der Waals surface area (Å²) in [5.74, 6) is 2.32. The molecular weight excluding hydrogens is 484 g/mol. The van der Waals surface area contributed by atoms with Crippen molar-refractivity contribution in [2.24, 2.45) is 5.92 Å². The Morgan fingerprint density at radius 3 is 2.79 bits per heavy atom. The van der Waals surface area contributed by atoms with Gasteiger partial charge in [0, 0.05) is 25.7 Å². The number of carbonyl (C=O) groups is 1. The van der Waals surface area contributed by atoms with Gasteiger partial charge >= 0.3 is 5.97 Å². The summed E-state index contributed by atoms with van der Waals surface area (Å²) in [5, 5.41) is 13.0. The zero-order chi connectivity index (χ0) is 26.7. The first-order valence-corrected chi connectivity index (χ1v) is 13.5. The predicted molar refractivity (Wildman–Crippen MR) is 143 cm³/mol. The second-order valence-corrected chi connectivity index (χ2v) is 10.1. The fourth-order valence-corrected chi connectivity index (χ4v) is 4.71. The number of rotatable bonds is 15. The van der Waals surface area contributed by atoms with Gasteiger partial charge in [0.1, 0.15) is 11.3 Å². The van der Waals surface area contributed by atoms with Crippen molar-refractivity contribution in [3.05, 3.63) is 53.5 Å². The molecule has 2 heterocycles. The minimum Gasteiger partial charge on any atom is -0.493 e. The van der Waals surface area contributed by atoms with Gasteiger partial charge in [0.25, 0.3) is 5.89 Å². The lowest BCUT2D eigenvalue weighted by atomic mass is 10.1. The molecule has 1 aliphatic carbocycles. The van der Waals surface area contributed by atoms with Crippen LogP contribution in [-0.4, -0.2) is 64.5 Å². The molecule has 4 rings (SSSR count). The van der Waals surface area contributed by atoms with E-state index in [0.717, 1.165) is 36.3 Å². The predicted octanol–water partition coefficient (Wildman–Crippen LogP) is 4.97. The van der Waals surface area contributed by atoms with Gasteiger partial charge in [-0.2, -0.15) is 4.98 Å². The van der Waals surface area contributed by atoms with Crippen LogP contribution in [0.3, 0.4) is 0 Å². The number of nitrogens with zero attached hydrogens (tertiary/aromatic N) is 4. The third-order valence-electron chi connectivity index (χ3n) is 6.93. The van der Waals surface area contributed by atoms with Crippen LogP contribution in [0.1, 0.15) is 55.5 Å². The molecule has 2 aromatic heterocycles. The van der Waals surface area contributed by atoms with Gasteiger partial charge in [-0.05, 0) is 74.9 Å². The first-order chi connectivity index (χ1) is 18.5. The molecule has 0 aliphatic heterocycles. The van der Waals surface area contributed by atoms with Crippen molar-refractivity contribution >= 4 is 5.97 Å². The van der Waals surface area contributed by atoms with Gasteiger partial charge in [-0.25, -0.2) is 4.98 Å². The Labute approximate surface area is 224 Å². The van der Waals surface area contributed by atoms with E-state index in [9.17, 15) is 4.79 Å². The number of carboxylic acids is 1. The van der Waals surface area contributed by atoms with Crippen molar-refractivity contribution in [3.8, 4) is 23.1 Å². The molecule has 0 saturated heterocycles. The molecule has 1 aromatic carbocycles. The first kappa shape index (κ1) is 27.6. The lowest BCUT2D eigenvalue weighted by Crippen LogP contribution is -2.24. The van der Waals surface area contributed by atoms with E-state index in [1.165, 1.54) is 31.2 Å². The summed E-state index contributed by atoms with van der Waals surface area (Å²) >= 11 is 0. The highest BCUT2D eigenvalue weighted by Crippen LogP contribution is 2.30. The van der Waals surface area contributed by atoms with Crippen LogP contribution < -0.4 is 9.47 Å². The zero-order valence-corrected chi connectivity index (χ0v) is 22.4. The van der Waals surface area contributed by atoms with Crippen LogP contribution >= 0.6 is 0 Å². The minimum atomic E-state index is -0.773. The molecule has 0 atom stereocenters. The Kier molecular flexibility index (Phi) is 10.1. The maximum Gasteiger partial charge on any atom is 0.304 e. The summed E-state index contributed by atoms with van der Waals surface area (Å²) in [7, 11) is 1.93. The van der Waals surface area contributed by atoms with Crippen LogP contribution in [-0.2, 0) is 17.6 Å². The summed E-state index contributed by atoms with van der Waals surface area (Å²) in [6.07, 6.45) is 9.14. The number of hydrogen-bond donors (Lipinski definition) is 1. The van der Waals surface area contributed by atoms with Gasteiger partial charge in [0.15, 0.2) is 5.82 Å². The van der Waals surface area contributed by atoms with Crippen LogP contribution in [0.2, 0.25) is 0 Å². The van der Waals surface area contributed by atoms with E-state index in [1.807, 2.05) is 37.1 Å². The molecule has 0 amide bonds. The summed E-state index contributed by atoms with van der Waals surface area (Å²) in [5.41, 5.74) is 2.99. The van der Waals surface area contributed by atoms with E-state index in [2.05, 4.69) is 27.3 Å². The highest BCUT2D eigenvalue weighted by molar-refractivity contribution is 5.66. The average Bonchev–Trinajstić information content (AvgIpc) is 3.61. The molecule has 9 nitrogen and oxygen atoms in total.